The number of hydrogen-bond acceptors (Lipinski definition) is 0. The molecule has 0 saturated heterocycles. The number of hydrogen-bond donors (Lipinski definition) is 0. The first-order valence-electron chi connectivity index (χ1n) is 2.71. The van der Waals surface area contributed by atoms with Crippen LogP contribution in [0.1, 0.15) is 6.92 Å². The molecule has 9 heavy (non-hydrogen) atoms. The van der Waals surface area contributed by atoms with Gasteiger partial charge in [-0.3, -0.25) is 0 Å². The van der Waals surface area contributed by atoms with E-state index in [-0.39, 0.29) is 0 Å². The molecule has 2 heteroatoms. The van der Waals surface area contributed by atoms with Gasteiger partial charge in [0.15, 0.2) is 5.67 Å². The molecule has 1 rings (SSSR count). The summed E-state index contributed by atoms with van der Waals surface area (Å²) in [6.07, 6.45) is 5.27. The van der Waals surface area contributed by atoms with Gasteiger partial charge in [0, 0.05) is 6.42 Å². The SMILES string of the molecule is CC1(F)[CH]C=CC=C1F. The van der Waals surface area contributed by atoms with E-state index < -0.39 is 11.5 Å². The lowest BCUT2D eigenvalue weighted by Gasteiger charge is -2.17. The summed E-state index contributed by atoms with van der Waals surface area (Å²) in [6, 6.07) is 0. The Morgan fingerprint density at radius 1 is 1.44 bits per heavy atom. The monoisotopic (exact) mass is 129 g/mol. The highest BCUT2D eigenvalue weighted by molar-refractivity contribution is 5.29. The Bertz CT molecular complexity index is 166. The largest absolute Gasteiger partial charge is 0.236 e. The third-order valence-electron chi connectivity index (χ3n) is 1.23. The van der Waals surface area contributed by atoms with Crippen LogP contribution in [0.15, 0.2) is 24.1 Å². The number of allylic oxidation sites excluding steroid dienone is 4. The van der Waals surface area contributed by atoms with Crippen molar-refractivity contribution in [1.82, 2.24) is 0 Å². The van der Waals surface area contributed by atoms with Crippen LogP contribution in [0.3, 0.4) is 0 Å². The average Bonchev–Trinajstić information content (AvgIpc) is 1.77. The van der Waals surface area contributed by atoms with Crippen LogP contribution in [0.25, 0.3) is 0 Å². The van der Waals surface area contributed by atoms with Crippen molar-refractivity contribution in [2.45, 2.75) is 12.6 Å². The van der Waals surface area contributed by atoms with Crippen LogP contribution in [0, 0.1) is 6.42 Å². The van der Waals surface area contributed by atoms with Crippen LogP contribution in [0.5, 0.6) is 0 Å². The van der Waals surface area contributed by atoms with Crippen molar-refractivity contribution < 1.29 is 8.78 Å². The Hall–Kier alpha value is -0.660. The summed E-state index contributed by atoms with van der Waals surface area (Å²) in [5, 5.41) is 0. The Morgan fingerprint density at radius 2 is 2.11 bits per heavy atom. The quantitative estimate of drug-likeness (QED) is 0.471. The molecular formula is C7H7F2. The Balaban J connectivity index is 2.83. The third kappa shape index (κ3) is 1.18. The molecule has 0 bridgehead atoms. The highest BCUT2D eigenvalue weighted by atomic mass is 19.2. The smallest absolute Gasteiger partial charge is 0.166 e. The summed E-state index contributed by atoms with van der Waals surface area (Å²) < 4.78 is 25.1. The van der Waals surface area contributed by atoms with Crippen LogP contribution in [-0.2, 0) is 0 Å². The second-order valence-corrected chi connectivity index (χ2v) is 2.14. The number of alkyl halides is 1. The van der Waals surface area contributed by atoms with Gasteiger partial charge in [-0.1, -0.05) is 12.2 Å². The van der Waals surface area contributed by atoms with Gasteiger partial charge in [0.1, 0.15) is 5.83 Å². The van der Waals surface area contributed by atoms with Gasteiger partial charge in [0.25, 0.3) is 0 Å². The molecule has 0 amide bonds. The standard InChI is InChI=1S/C7H7F2/c1-7(9)5-3-2-4-6(7)8/h2-5H,1H3. The molecular weight excluding hydrogens is 122 g/mol. The van der Waals surface area contributed by atoms with Crippen molar-refractivity contribution in [3.63, 3.8) is 0 Å². The molecule has 0 aliphatic heterocycles. The maximum Gasteiger partial charge on any atom is 0.166 e. The van der Waals surface area contributed by atoms with Crippen molar-refractivity contribution in [3.8, 4) is 0 Å². The highest BCUT2D eigenvalue weighted by Gasteiger charge is 2.29. The van der Waals surface area contributed by atoms with E-state index in [1.54, 1.807) is 0 Å². The van der Waals surface area contributed by atoms with Gasteiger partial charge in [0.2, 0.25) is 0 Å². The van der Waals surface area contributed by atoms with Crippen LogP contribution in [0.4, 0.5) is 8.78 Å². The van der Waals surface area contributed by atoms with Gasteiger partial charge >= 0.3 is 0 Å². The van der Waals surface area contributed by atoms with Crippen molar-refractivity contribution in [2.24, 2.45) is 0 Å². The van der Waals surface area contributed by atoms with E-state index in [4.69, 9.17) is 0 Å². The predicted octanol–water partition coefficient (Wildman–Crippen LogP) is 2.34. The summed E-state index contributed by atoms with van der Waals surface area (Å²) >= 11 is 0. The molecule has 0 fully saturated rings. The van der Waals surface area contributed by atoms with Crippen LogP contribution in [0.2, 0.25) is 0 Å². The fraction of sp³-hybridized carbons (Fsp3) is 0.286. The number of rotatable bonds is 0. The maximum atomic E-state index is 12.7. The highest BCUT2D eigenvalue weighted by Crippen LogP contribution is 2.28. The molecule has 0 nitrogen and oxygen atoms in total. The topological polar surface area (TPSA) is 0 Å². The zero-order chi connectivity index (χ0) is 6.91. The molecule has 0 saturated carbocycles. The minimum atomic E-state index is -1.88. The maximum absolute atomic E-state index is 12.7. The molecule has 1 unspecified atom stereocenters. The molecule has 1 aliphatic carbocycles. The van der Waals surface area contributed by atoms with E-state index in [0.29, 0.717) is 0 Å². The molecule has 1 atom stereocenters. The minimum absolute atomic E-state index is 0.731. The number of halogens is 2. The van der Waals surface area contributed by atoms with Gasteiger partial charge in [-0.05, 0) is 13.0 Å². The first-order valence-corrected chi connectivity index (χ1v) is 2.71. The average molecular weight is 129 g/mol. The normalized spacial score (nSPS) is 34.3. The molecule has 0 spiro atoms. The molecule has 0 aromatic carbocycles. The van der Waals surface area contributed by atoms with Crippen LogP contribution < -0.4 is 0 Å². The summed E-state index contributed by atoms with van der Waals surface area (Å²) in [7, 11) is 0. The van der Waals surface area contributed by atoms with Crippen molar-refractivity contribution in [1.29, 1.82) is 0 Å². The van der Waals surface area contributed by atoms with Gasteiger partial charge in [-0.25, -0.2) is 8.78 Å². The fourth-order valence-corrected chi connectivity index (χ4v) is 0.619. The molecule has 1 aliphatic rings. The lowest BCUT2D eigenvalue weighted by atomic mass is 9.99. The summed E-state index contributed by atoms with van der Waals surface area (Å²) in [5.41, 5.74) is -1.88. The summed E-state index contributed by atoms with van der Waals surface area (Å²) in [5.74, 6) is -0.731. The Kier molecular flexibility index (Phi) is 1.39. The zero-order valence-corrected chi connectivity index (χ0v) is 5.07. The lowest BCUT2D eigenvalue weighted by molar-refractivity contribution is 0.242. The van der Waals surface area contributed by atoms with Gasteiger partial charge < -0.3 is 0 Å². The third-order valence-corrected chi connectivity index (χ3v) is 1.23. The Labute approximate surface area is 52.9 Å². The van der Waals surface area contributed by atoms with Crippen LogP contribution >= 0.6 is 0 Å². The molecule has 0 aromatic rings. The Morgan fingerprint density at radius 3 is 2.44 bits per heavy atom. The first-order chi connectivity index (χ1) is 4.13. The second kappa shape index (κ2) is 1.94. The minimum Gasteiger partial charge on any atom is -0.236 e. The predicted molar refractivity (Wildman–Crippen MR) is 32.1 cm³/mol. The van der Waals surface area contributed by atoms with Gasteiger partial charge in [-0.2, -0.15) is 0 Å². The van der Waals surface area contributed by atoms with Crippen LogP contribution in [-0.4, -0.2) is 5.67 Å². The van der Waals surface area contributed by atoms with E-state index in [1.807, 2.05) is 0 Å². The van der Waals surface area contributed by atoms with E-state index in [2.05, 4.69) is 0 Å². The van der Waals surface area contributed by atoms with E-state index in [1.165, 1.54) is 25.5 Å². The van der Waals surface area contributed by atoms with Gasteiger partial charge in [0.05, 0.1) is 0 Å². The van der Waals surface area contributed by atoms with Crippen molar-refractivity contribution in [2.75, 3.05) is 0 Å². The fourth-order valence-electron chi connectivity index (χ4n) is 0.619. The summed E-state index contributed by atoms with van der Waals surface area (Å²) in [4.78, 5) is 0. The lowest BCUT2D eigenvalue weighted by Crippen LogP contribution is -2.19. The van der Waals surface area contributed by atoms with E-state index in [0.717, 1.165) is 6.08 Å². The van der Waals surface area contributed by atoms with Crippen molar-refractivity contribution in [3.05, 3.63) is 30.5 Å². The van der Waals surface area contributed by atoms with E-state index >= 15 is 0 Å². The molecule has 49 valence electrons. The molecule has 1 radical (unpaired) electrons. The molecule has 0 N–H and O–H groups in total. The first kappa shape index (κ1) is 6.46. The second-order valence-electron chi connectivity index (χ2n) is 2.14. The van der Waals surface area contributed by atoms with Gasteiger partial charge in [-0.15, -0.1) is 0 Å². The molecule has 0 heterocycles. The zero-order valence-electron chi connectivity index (χ0n) is 5.07. The summed E-state index contributed by atoms with van der Waals surface area (Å²) in [6.45, 7) is 1.18. The van der Waals surface area contributed by atoms with Crippen molar-refractivity contribution >= 4 is 0 Å². The molecule has 0 aromatic heterocycles. The van der Waals surface area contributed by atoms with E-state index in [9.17, 15) is 8.78 Å².